The summed E-state index contributed by atoms with van der Waals surface area (Å²) in [6.45, 7) is 7.11. The molecule has 19 heavy (non-hydrogen) atoms. The maximum Gasteiger partial charge on any atom is 0.162 e. The number of hydrogen-bond donors (Lipinski definition) is 0. The minimum atomic E-state index is 0.0219. The van der Waals surface area contributed by atoms with Crippen LogP contribution in [0.25, 0.3) is 0 Å². The third-order valence-electron chi connectivity index (χ3n) is 3.83. The predicted molar refractivity (Wildman–Crippen MR) is 79.8 cm³/mol. The van der Waals surface area contributed by atoms with Gasteiger partial charge in [0, 0.05) is 29.7 Å². The van der Waals surface area contributed by atoms with Crippen LogP contribution in [0.5, 0.6) is 0 Å². The van der Waals surface area contributed by atoms with E-state index in [-0.39, 0.29) is 11.2 Å². The van der Waals surface area contributed by atoms with Crippen molar-refractivity contribution in [1.82, 2.24) is 0 Å². The Balaban J connectivity index is 1.98. The largest absolute Gasteiger partial charge is 0.294 e. The molecule has 0 unspecified atom stereocenters. The fraction of sp³-hybridized carbons (Fsp3) is 0.412. The molecule has 0 saturated heterocycles. The van der Waals surface area contributed by atoms with Gasteiger partial charge in [0.15, 0.2) is 5.78 Å². The number of Topliss-reactive ketones (excluding diaryl/α,β-unsaturated/α-hetero) is 1. The normalized spacial score (nSPS) is 22.7. The van der Waals surface area contributed by atoms with E-state index in [1.165, 1.54) is 5.57 Å². The zero-order chi connectivity index (χ0) is 13.9. The van der Waals surface area contributed by atoms with Crippen LogP contribution >= 0.6 is 0 Å². The van der Waals surface area contributed by atoms with Crippen LogP contribution in [-0.2, 0) is 0 Å². The molecule has 0 N–H and O–H groups in total. The van der Waals surface area contributed by atoms with Crippen molar-refractivity contribution >= 4 is 11.5 Å². The molecule has 0 bridgehead atoms. The van der Waals surface area contributed by atoms with Crippen molar-refractivity contribution in [2.75, 3.05) is 6.54 Å². The summed E-state index contributed by atoms with van der Waals surface area (Å²) in [5.41, 5.74) is 3.18. The lowest BCUT2D eigenvalue weighted by molar-refractivity contribution is 0.0968. The van der Waals surface area contributed by atoms with Crippen LogP contribution in [0.15, 0.2) is 47.0 Å². The van der Waals surface area contributed by atoms with E-state index < -0.39 is 0 Å². The SMILES string of the molecule is CC1=C[C@@](C)(CCC(=O)c2ccccc2)CN=C1C. The second-order valence-corrected chi connectivity index (χ2v) is 5.67. The van der Waals surface area contributed by atoms with E-state index in [0.29, 0.717) is 6.42 Å². The summed E-state index contributed by atoms with van der Waals surface area (Å²) in [7, 11) is 0. The summed E-state index contributed by atoms with van der Waals surface area (Å²) in [6, 6.07) is 9.52. The van der Waals surface area contributed by atoms with Gasteiger partial charge in [-0.1, -0.05) is 43.3 Å². The number of allylic oxidation sites excluding steroid dienone is 1. The van der Waals surface area contributed by atoms with Gasteiger partial charge in [0.25, 0.3) is 0 Å². The van der Waals surface area contributed by atoms with Crippen molar-refractivity contribution in [2.24, 2.45) is 10.4 Å². The smallest absolute Gasteiger partial charge is 0.162 e. The Hall–Kier alpha value is -1.70. The van der Waals surface area contributed by atoms with E-state index in [0.717, 1.165) is 24.2 Å². The van der Waals surface area contributed by atoms with Crippen molar-refractivity contribution in [3.05, 3.63) is 47.5 Å². The lowest BCUT2D eigenvalue weighted by Crippen LogP contribution is -2.24. The molecule has 0 saturated carbocycles. The van der Waals surface area contributed by atoms with Crippen LogP contribution in [0, 0.1) is 5.41 Å². The fourth-order valence-electron chi connectivity index (χ4n) is 2.42. The number of aliphatic imine (C=N–C) groups is 1. The molecule has 1 atom stereocenters. The van der Waals surface area contributed by atoms with E-state index in [9.17, 15) is 4.79 Å². The van der Waals surface area contributed by atoms with Gasteiger partial charge in [0.1, 0.15) is 0 Å². The minimum Gasteiger partial charge on any atom is -0.294 e. The molecule has 0 radical (unpaired) electrons. The monoisotopic (exact) mass is 255 g/mol. The van der Waals surface area contributed by atoms with Gasteiger partial charge in [-0.15, -0.1) is 0 Å². The molecule has 0 fully saturated rings. The summed E-state index contributed by atoms with van der Waals surface area (Å²) < 4.78 is 0. The first kappa shape index (κ1) is 13.7. The van der Waals surface area contributed by atoms with Crippen LogP contribution in [-0.4, -0.2) is 18.0 Å². The lowest BCUT2D eigenvalue weighted by Gasteiger charge is -2.28. The third-order valence-corrected chi connectivity index (χ3v) is 3.83. The van der Waals surface area contributed by atoms with Gasteiger partial charge >= 0.3 is 0 Å². The van der Waals surface area contributed by atoms with E-state index in [1.54, 1.807) is 0 Å². The molecular formula is C17H21NO. The molecule has 2 heteroatoms. The average molecular weight is 255 g/mol. The Morgan fingerprint density at radius 2 is 1.95 bits per heavy atom. The summed E-state index contributed by atoms with van der Waals surface area (Å²) in [6.07, 6.45) is 3.71. The lowest BCUT2D eigenvalue weighted by atomic mass is 9.80. The number of hydrogen-bond acceptors (Lipinski definition) is 2. The van der Waals surface area contributed by atoms with Crippen LogP contribution in [0.4, 0.5) is 0 Å². The molecule has 0 aromatic heterocycles. The minimum absolute atomic E-state index is 0.0219. The van der Waals surface area contributed by atoms with Gasteiger partial charge < -0.3 is 0 Å². The highest BCUT2D eigenvalue weighted by molar-refractivity contribution is 5.98. The number of dihydropyridines is 1. The first-order chi connectivity index (χ1) is 9.00. The summed E-state index contributed by atoms with van der Waals surface area (Å²) in [4.78, 5) is 16.7. The van der Waals surface area contributed by atoms with Crippen LogP contribution in [0.3, 0.4) is 0 Å². The topological polar surface area (TPSA) is 29.4 Å². The van der Waals surface area contributed by atoms with Gasteiger partial charge in [-0.05, 0) is 25.8 Å². The molecule has 0 spiro atoms. The molecular weight excluding hydrogens is 234 g/mol. The van der Waals surface area contributed by atoms with Crippen molar-refractivity contribution < 1.29 is 4.79 Å². The van der Waals surface area contributed by atoms with Gasteiger partial charge in [0.05, 0.1) is 0 Å². The van der Waals surface area contributed by atoms with Gasteiger partial charge in [-0.2, -0.15) is 0 Å². The molecule has 1 heterocycles. The van der Waals surface area contributed by atoms with E-state index >= 15 is 0 Å². The summed E-state index contributed by atoms with van der Waals surface area (Å²) in [5, 5.41) is 0. The predicted octanol–water partition coefficient (Wildman–Crippen LogP) is 4.08. The maximum atomic E-state index is 12.1. The van der Waals surface area contributed by atoms with Crippen LogP contribution in [0.1, 0.15) is 44.0 Å². The van der Waals surface area contributed by atoms with Crippen LogP contribution < -0.4 is 0 Å². The van der Waals surface area contributed by atoms with E-state index in [2.05, 4.69) is 24.9 Å². The second kappa shape index (κ2) is 5.52. The molecule has 0 aliphatic carbocycles. The number of nitrogens with zero attached hydrogens (tertiary/aromatic N) is 1. The van der Waals surface area contributed by atoms with Crippen molar-refractivity contribution in [1.29, 1.82) is 0 Å². The van der Waals surface area contributed by atoms with E-state index in [1.807, 2.05) is 37.3 Å². The Bertz CT molecular complexity index is 527. The molecule has 0 amide bonds. The molecule has 1 aromatic rings. The highest BCUT2D eigenvalue weighted by Crippen LogP contribution is 2.31. The zero-order valence-corrected chi connectivity index (χ0v) is 11.9. The Morgan fingerprint density at radius 3 is 2.58 bits per heavy atom. The Morgan fingerprint density at radius 1 is 1.26 bits per heavy atom. The molecule has 1 aromatic carbocycles. The standard InChI is InChI=1S/C17H21NO/c1-13-11-17(3,12-18-14(13)2)10-9-16(19)15-7-5-4-6-8-15/h4-8,11H,9-10,12H2,1-3H3/t17-/m1/s1. The first-order valence-corrected chi connectivity index (χ1v) is 6.79. The fourth-order valence-corrected chi connectivity index (χ4v) is 2.42. The van der Waals surface area contributed by atoms with Crippen molar-refractivity contribution in [2.45, 2.75) is 33.6 Å². The summed E-state index contributed by atoms with van der Waals surface area (Å²) >= 11 is 0. The van der Waals surface area contributed by atoms with Gasteiger partial charge in [-0.25, -0.2) is 0 Å². The van der Waals surface area contributed by atoms with Crippen molar-refractivity contribution in [3.63, 3.8) is 0 Å². The molecule has 100 valence electrons. The zero-order valence-electron chi connectivity index (χ0n) is 11.9. The van der Waals surface area contributed by atoms with Gasteiger partial charge in [-0.3, -0.25) is 9.79 Å². The second-order valence-electron chi connectivity index (χ2n) is 5.67. The van der Waals surface area contributed by atoms with E-state index in [4.69, 9.17) is 0 Å². The average Bonchev–Trinajstić information content (AvgIpc) is 2.42. The third kappa shape index (κ3) is 3.40. The first-order valence-electron chi connectivity index (χ1n) is 6.79. The van der Waals surface area contributed by atoms with Gasteiger partial charge in [0.2, 0.25) is 0 Å². The number of carbonyl (C=O) groups is 1. The number of ketones is 1. The Kier molecular flexibility index (Phi) is 3.98. The number of carbonyl (C=O) groups excluding carboxylic acids is 1. The maximum absolute atomic E-state index is 12.1. The van der Waals surface area contributed by atoms with Crippen molar-refractivity contribution in [3.8, 4) is 0 Å². The molecule has 1 aliphatic heterocycles. The molecule has 2 nitrogen and oxygen atoms in total. The summed E-state index contributed by atoms with van der Waals surface area (Å²) in [5.74, 6) is 0.221. The highest BCUT2D eigenvalue weighted by Gasteiger charge is 2.25. The quantitative estimate of drug-likeness (QED) is 0.745. The Labute approximate surface area is 115 Å². The van der Waals surface area contributed by atoms with Crippen LogP contribution in [0.2, 0.25) is 0 Å². The number of rotatable bonds is 4. The number of benzene rings is 1. The molecule has 2 rings (SSSR count). The molecule has 1 aliphatic rings. The highest BCUT2D eigenvalue weighted by atomic mass is 16.1.